The number of anilines is 3. The molecule has 1 atom stereocenters. The van der Waals surface area contributed by atoms with Gasteiger partial charge in [-0.2, -0.15) is 0 Å². The fraction of sp³-hybridized carbons (Fsp3) is 0.0172. The molecule has 0 saturated heterocycles. The van der Waals surface area contributed by atoms with Crippen LogP contribution in [-0.2, 0) is 5.41 Å². The van der Waals surface area contributed by atoms with Gasteiger partial charge in [-0.15, -0.1) is 0 Å². The first-order chi connectivity index (χ1) is 29.8. The zero-order valence-electron chi connectivity index (χ0n) is 32.8. The van der Waals surface area contributed by atoms with E-state index in [1.807, 2.05) is 18.5 Å². The molecule has 0 radical (unpaired) electrons. The van der Waals surface area contributed by atoms with Gasteiger partial charge in [0.05, 0.1) is 5.41 Å². The fourth-order valence-electron chi connectivity index (χ4n) is 10.2. The summed E-state index contributed by atoms with van der Waals surface area (Å²) in [6.07, 6.45) is 3.85. The summed E-state index contributed by atoms with van der Waals surface area (Å²) in [6.45, 7) is 0. The Hall–Kier alpha value is -7.81. The zero-order chi connectivity index (χ0) is 39.6. The first-order valence-electron chi connectivity index (χ1n) is 20.7. The van der Waals surface area contributed by atoms with E-state index >= 15 is 0 Å². The van der Waals surface area contributed by atoms with Crippen molar-refractivity contribution in [2.75, 3.05) is 4.90 Å². The Kier molecular flexibility index (Phi) is 7.79. The van der Waals surface area contributed by atoms with E-state index in [-0.39, 0.29) is 0 Å². The molecule has 0 amide bonds. The topological polar surface area (TPSA) is 16.1 Å². The van der Waals surface area contributed by atoms with Gasteiger partial charge >= 0.3 is 0 Å². The summed E-state index contributed by atoms with van der Waals surface area (Å²) in [5.41, 5.74) is 20.3. The molecule has 9 aromatic carbocycles. The molecule has 12 rings (SSSR count). The number of rotatable bonds is 6. The second-order valence-corrected chi connectivity index (χ2v) is 15.9. The van der Waals surface area contributed by atoms with E-state index in [1.165, 1.54) is 83.1 Å². The summed E-state index contributed by atoms with van der Waals surface area (Å²) >= 11 is 0. The summed E-state index contributed by atoms with van der Waals surface area (Å²) in [7, 11) is 0. The molecule has 2 aliphatic rings. The average Bonchev–Trinajstić information content (AvgIpc) is 3.80. The molecule has 0 N–H and O–H groups in total. The van der Waals surface area contributed by atoms with Gasteiger partial charge < -0.3 is 4.90 Å². The van der Waals surface area contributed by atoms with Gasteiger partial charge in [0.15, 0.2) is 0 Å². The highest BCUT2D eigenvalue weighted by Crippen LogP contribution is 2.65. The first-order valence-corrected chi connectivity index (χ1v) is 20.7. The predicted molar refractivity (Wildman–Crippen MR) is 249 cm³/mol. The molecule has 0 aliphatic heterocycles. The quantitative estimate of drug-likeness (QED) is 0.168. The minimum Gasteiger partial charge on any atom is -0.310 e. The maximum Gasteiger partial charge on any atom is 0.0726 e. The highest BCUT2D eigenvalue weighted by Gasteiger charge is 2.52. The van der Waals surface area contributed by atoms with E-state index in [1.54, 1.807) is 0 Å². The minimum absolute atomic E-state index is 0.547. The largest absolute Gasteiger partial charge is 0.310 e. The Morgan fingerprint density at radius 2 is 0.883 bits per heavy atom. The molecule has 1 aromatic heterocycles. The number of pyridine rings is 1. The third kappa shape index (κ3) is 5.11. The second-order valence-electron chi connectivity index (χ2n) is 15.9. The van der Waals surface area contributed by atoms with Gasteiger partial charge in [-0.25, -0.2) is 0 Å². The standard InChI is InChI=1S/C58H38N2/c1-3-13-39(14-4-1)41-24-29-45(30-25-41)60(46-31-26-42(27-32-46)40-15-5-2-6-16-40)47-33-34-51-55(37-47)58(54-35-28-43-17-7-8-19-48(43)56(51)54)52-22-10-9-20-50(52)57-49(21-11-23-53(57)58)44-18-12-36-59-38-44/h1-38H. The number of aromatic nitrogens is 1. The highest BCUT2D eigenvalue weighted by molar-refractivity contribution is 6.08. The molecule has 1 spiro atoms. The smallest absolute Gasteiger partial charge is 0.0726 e. The lowest BCUT2D eigenvalue weighted by Crippen LogP contribution is -2.26. The lowest BCUT2D eigenvalue weighted by molar-refractivity contribution is 0.794. The van der Waals surface area contributed by atoms with Crippen LogP contribution in [0.2, 0.25) is 0 Å². The number of hydrogen-bond acceptors (Lipinski definition) is 2. The van der Waals surface area contributed by atoms with Crippen LogP contribution >= 0.6 is 0 Å². The summed E-state index contributed by atoms with van der Waals surface area (Å²) < 4.78 is 0. The molecule has 2 heteroatoms. The molecule has 10 aromatic rings. The predicted octanol–water partition coefficient (Wildman–Crippen LogP) is 15.0. The normalized spacial score (nSPS) is 14.4. The van der Waals surface area contributed by atoms with Crippen LogP contribution < -0.4 is 4.90 Å². The fourth-order valence-corrected chi connectivity index (χ4v) is 10.2. The van der Waals surface area contributed by atoms with Gasteiger partial charge in [-0.05, 0) is 126 Å². The molecule has 280 valence electrons. The second kappa shape index (κ2) is 13.7. The molecule has 0 bridgehead atoms. The molecule has 0 fully saturated rings. The monoisotopic (exact) mass is 762 g/mol. The summed E-state index contributed by atoms with van der Waals surface area (Å²) in [5, 5.41) is 2.53. The molecular formula is C58H38N2. The minimum atomic E-state index is -0.547. The summed E-state index contributed by atoms with van der Waals surface area (Å²) in [5.74, 6) is 0. The molecule has 0 saturated carbocycles. The molecule has 1 unspecified atom stereocenters. The van der Waals surface area contributed by atoms with Crippen molar-refractivity contribution in [2.45, 2.75) is 5.41 Å². The van der Waals surface area contributed by atoms with Crippen LogP contribution in [0.25, 0.3) is 66.4 Å². The van der Waals surface area contributed by atoms with E-state index in [0.29, 0.717) is 0 Å². The van der Waals surface area contributed by atoms with Crippen molar-refractivity contribution in [3.8, 4) is 55.6 Å². The molecule has 2 nitrogen and oxygen atoms in total. The molecule has 1 heterocycles. The van der Waals surface area contributed by atoms with Gasteiger partial charge in [-0.3, -0.25) is 4.98 Å². The van der Waals surface area contributed by atoms with E-state index in [0.717, 1.165) is 22.6 Å². The van der Waals surface area contributed by atoms with Crippen molar-refractivity contribution in [3.63, 3.8) is 0 Å². The molecular weight excluding hydrogens is 725 g/mol. The highest BCUT2D eigenvalue weighted by atomic mass is 15.1. The van der Waals surface area contributed by atoms with Gasteiger partial charge in [0.1, 0.15) is 0 Å². The lowest BCUT2D eigenvalue weighted by atomic mass is 9.70. The summed E-state index contributed by atoms with van der Waals surface area (Å²) in [6, 6.07) is 80.3. The van der Waals surface area contributed by atoms with Crippen LogP contribution in [0, 0.1) is 0 Å². The maximum atomic E-state index is 4.57. The van der Waals surface area contributed by atoms with Gasteiger partial charge in [0, 0.05) is 35.0 Å². The van der Waals surface area contributed by atoms with E-state index in [9.17, 15) is 0 Å². The number of nitrogens with zero attached hydrogens (tertiary/aromatic N) is 2. The third-order valence-corrected chi connectivity index (χ3v) is 12.8. The van der Waals surface area contributed by atoms with Gasteiger partial charge in [-0.1, -0.05) is 176 Å². The SMILES string of the molecule is c1ccc(-c2ccc(N(c3ccc(-c4ccccc4)cc3)c3ccc4c(c3)C3(c5ccccc5-c5c(-c6cccnc6)cccc53)c3ccc5ccccc5c3-4)cc2)cc1. The van der Waals surface area contributed by atoms with Crippen LogP contribution in [0.4, 0.5) is 17.1 Å². The number of benzene rings is 9. The first kappa shape index (κ1) is 34.3. The van der Waals surface area contributed by atoms with Crippen LogP contribution in [0.15, 0.2) is 231 Å². The molecule has 60 heavy (non-hydrogen) atoms. The van der Waals surface area contributed by atoms with Crippen LogP contribution in [-0.4, -0.2) is 4.98 Å². The Balaban J connectivity index is 1.12. The number of hydrogen-bond donors (Lipinski definition) is 0. The number of fused-ring (bicyclic) bond motifs is 12. The van der Waals surface area contributed by atoms with Crippen LogP contribution in [0.5, 0.6) is 0 Å². The average molecular weight is 763 g/mol. The summed E-state index contributed by atoms with van der Waals surface area (Å²) in [4.78, 5) is 6.99. The van der Waals surface area contributed by atoms with Crippen molar-refractivity contribution in [1.29, 1.82) is 0 Å². The van der Waals surface area contributed by atoms with E-state index < -0.39 is 5.41 Å². The van der Waals surface area contributed by atoms with Gasteiger partial charge in [0.25, 0.3) is 0 Å². The van der Waals surface area contributed by atoms with Crippen molar-refractivity contribution < 1.29 is 0 Å². The van der Waals surface area contributed by atoms with Crippen molar-refractivity contribution >= 4 is 27.8 Å². The van der Waals surface area contributed by atoms with Crippen molar-refractivity contribution in [3.05, 3.63) is 253 Å². The van der Waals surface area contributed by atoms with Crippen molar-refractivity contribution in [1.82, 2.24) is 4.98 Å². The van der Waals surface area contributed by atoms with E-state index in [4.69, 9.17) is 0 Å². The maximum absolute atomic E-state index is 4.57. The Bertz CT molecular complexity index is 3140. The Labute approximate surface area is 350 Å². The Morgan fingerprint density at radius 1 is 0.333 bits per heavy atom. The van der Waals surface area contributed by atoms with Gasteiger partial charge in [0.2, 0.25) is 0 Å². The van der Waals surface area contributed by atoms with Crippen LogP contribution in [0.1, 0.15) is 22.3 Å². The van der Waals surface area contributed by atoms with Crippen molar-refractivity contribution in [2.24, 2.45) is 0 Å². The third-order valence-electron chi connectivity index (χ3n) is 12.8. The zero-order valence-corrected chi connectivity index (χ0v) is 32.8. The Morgan fingerprint density at radius 3 is 1.58 bits per heavy atom. The lowest BCUT2D eigenvalue weighted by Gasteiger charge is -2.32. The molecule has 2 aliphatic carbocycles. The van der Waals surface area contributed by atoms with E-state index in [2.05, 4.69) is 222 Å². The van der Waals surface area contributed by atoms with Crippen LogP contribution in [0.3, 0.4) is 0 Å².